The number of hydrogen-bond donors (Lipinski definition) is 4. The second kappa shape index (κ2) is 8.07. The fourth-order valence-electron chi connectivity index (χ4n) is 4.54. The molecule has 8 nitrogen and oxygen atoms in total. The van der Waals surface area contributed by atoms with Crippen LogP contribution in [-0.2, 0) is 20.9 Å². The number of para-hydroxylation sites is 2. The first-order valence-corrected chi connectivity index (χ1v) is 10.8. The summed E-state index contributed by atoms with van der Waals surface area (Å²) in [6, 6.07) is 13.2. The Morgan fingerprint density at radius 3 is 2.48 bits per heavy atom. The van der Waals surface area contributed by atoms with E-state index in [0.29, 0.717) is 41.1 Å². The van der Waals surface area contributed by atoms with Crippen molar-refractivity contribution in [2.45, 2.75) is 19.9 Å². The number of imide groups is 1. The lowest BCUT2D eigenvalue weighted by Gasteiger charge is -2.09. The zero-order valence-electron chi connectivity index (χ0n) is 18.1. The van der Waals surface area contributed by atoms with E-state index < -0.39 is 11.8 Å². The number of aryl methyl sites for hydroxylation is 1. The molecule has 0 bridgehead atoms. The molecule has 0 spiro atoms. The van der Waals surface area contributed by atoms with Crippen LogP contribution in [-0.4, -0.2) is 33.8 Å². The normalized spacial score (nSPS) is 13.9. The van der Waals surface area contributed by atoms with Crippen molar-refractivity contribution in [3.05, 3.63) is 66.0 Å². The third-order valence-electron chi connectivity index (χ3n) is 5.87. The molecule has 1 aliphatic heterocycles. The first-order valence-electron chi connectivity index (χ1n) is 10.8. The second-order valence-electron chi connectivity index (χ2n) is 8.04. The third kappa shape index (κ3) is 3.41. The van der Waals surface area contributed by atoms with Crippen LogP contribution in [0.5, 0.6) is 0 Å². The molecular weight excluding hydrogens is 418 g/mol. The van der Waals surface area contributed by atoms with E-state index in [1.165, 1.54) is 6.92 Å². The predicted molar refractivity (Wildman–Crippen MR) is 128 cm³/mol. The number of anilines is 1. The van der Waals surface area contributed by atoms with E-state index in [9.17, 15) is 14.4 Å². The van der Waals surface area contributed by atoms with E-state index in [0.717, 1.165) is 28.2 Å². The van der Waals surface area contributed by atoms with Gasteiger partial charge in [0.25, 0.3) is 11.8 Å². The number of aromatic nitrogens is 2. The van der Waals surface area contributed by atoms with Gasteiger partial charge in [-0.15, -0.1) is 0 Å². The quantitative estimate of drug-likeness (QED) is 0.344. The van der Waals surface area contributed by atoms with Crippen molar-refractivity contribution >= 4 is 56.4 Å². The van der Waals surface area contributed by atoms with Gasteiger partial charge in [0.1, 0.15) is 0 Å². The minimum Gasteiger partial charge on any atom is -0.361 e. The maximum Gasteiger partial charge on any atom is 0.259 e. The van der Waals surface area contributed by atoms with Crippen molar-refractivity contribution in [1.82, 2.24) is 14.9 Å². The van der Waals surface area contributed by atoms with Crippen molar-refractivity contribution in [2.75, 3.05) is 11.9 Å². The monoisotopic (exact) mass is 441 g/mol. The van der Waals surface area contributed by atoms with Gasteiger partial charge in [0.2, 0.25) is 5.91 Å². The lowest BCUT2D eigenvalue weighted by molar-refractivity contribution is -0.123. The van der Waals surface area contributed by atoms with Crippen LogP contribution in [0.3, 0.4) is 0 Å². The van der Waals surface area contributed by atoms with Crippen molar-refractivity contribution in [1.29, 1.82) is 0 Å². The Hall–Kier alpha value is -4.17. The summed E-state index contributed by atoms with van der Waals surface area (Å²) in [5.74, 6) is -1.06. The molecule has 0 fully saturated rings. The summed E-state index contributed by atoms with van der Waals surface area (Å²) in [6.45, 7) is 2.56. The highest BCUT2D eigenvalue weighted by Crippen LogP contribution is 2.39. The Morgan fingerprint density at radius 1 is 1.00 bits per heavy atom. The number of H-pyrrole nitrogens is 1. The molecule has 3 heterocycles. The highest BCUT2D eigenvalue weighted by Gasteiger charge is 2.35. The Kier molecular flexibility index (Phi) is 5.07. The lowest BCUT2D eigenvalue weighted by Crippen LogP contribution is -2.22. The zero-order chi connectivity index (χ0) is 23.1. The number of hydrogen-bond acceptors (Lipinski definition) is 4. The molecular formula is C25H23N5O3. The van der Waals surface area contributed by atoms with Crippen molar-refractivity contribution < 1.29 is 14.4 Å². The van der Waals surface area contributed by atoms with E-state index in [1.54, 1.807) is 6.20 Å². The zero-order valence-corrected chi connectivity index (χ0v) is 18.1. The molecule has 8 heteroatoms. The highest BCUT2D eigenvalue weighted by molar-refractivity contribution is 6.50. The molecule has 5 rings (SSSR count). The molecule has 2 aromatic heterocycles. The van der Waals surface area contributed by atoms with E-state index in [4.69, 9.17) is 5.73 Å². The minimum absolute atomic E-state index is 0.192. The van der Waals surface area contributed by atoms with Crippen LogP contribution in [0.1, 0.15) is 24.5 Å². The number of fused-ring (bicyclic) bond motifs is 2. The van der Waals surface area contributed by atoms with Gasteiger partial charge in [-0.2, -0.15) is 0 Å². The van der Waals surface area contributed by atoms with Gasteiger partial charge in [0.05, 0.1) is 22.4 Å². The summed E-state index contributed by atoms with van der Waals surface area (Å²) in [7, 11) is 0. The van der Waals surface area contributed by atoms with Crippen molar-refractivity contribution in [3.8, 4) is 0 Å². The number of amides is 3. The smallest absolute Gasteiger partial charge is 0.259 e. The minimum atomic E-state index is -0.442. The molecule has 2 aromatic carbocycles. The maximum atomic E-state index is 13.1. The predicted octanol–water partition coefficient (Wildman–Crippen LogP) is 3.00. The highest BCUT2D eigenvalue weighted by atomic mass is 16.2. The molecule has 0 unspecified atom stereocenters. The Balaban J connectivity index is 1.80. The van der Waals surface area contributed by atoms with E-state index >= 15 is 0 Å². The van der Waals surface area contributed by atoms with Gasteiger partial charge >= 0.3 is 0 Å². The van der Waals surface area contributed by atoms with Gasteiger partial charge in [-0.1, -0.05) is 30.3 Å². The summed E-state index contributed by atoms with van der Waals surface area (Å²) < 4.78 is 1.98. The molecule has 33 heavy (non-hydrogen) atoms. The molecule has 0 saturated heterocycles. The Morgan fingerprint density at radius 2 is 1.73 bits per heavy atom. The van der Waals surface area contributed by atoms with Gasteiger partial charge in [-0.05, 0) is 25.1 Å². The molecule has 0 saturated carbocycles. The first-order chi connectivity index (χ1) is 16.0. The molecule has 0 atom stereocenters. The molecule has 1 aliphatic rings. The molecule has 0 aliphatic carbocycles. The van der Waals surface area contributed by atoms with Crippen LogP contribution in [0.15, 0.2) is 54.9 Å². The number of nitrogens with zero attached hydrogens (tertiary/aromatic N) is 1. The van der Waals surface area contributed by atoms with Crippen LogP contribution in [0.2, 0.25) is 0 Å². The van der Waals surface area contributed by atoms with Gasteiger partial charge in [-0.3, -0.25) is 19.7 Å². The van der Waals surface area contributed by atoms with Gasteiger partial charge in [0.15, 0.2) is 0 Å². The van der Waals surface area contributed by atoms with Crippen LogP contribution >= 0.6 is 0 Å². The standard InChI is InChI=1S/C25H23N5O3/c1-14(31)28-20-9-4-7-16-18(13-30(23(16)20)11-5-10-26)22-21(24(32)29-25(22)33)17-12-27-19-8-3-2-6-15(17)19/h2-4,6-9,12-13,27H,5,10-11,26H2,1H3,(H,28,31)(H,29,32,33). The molecule has 166 valence electrons. The summed E-state index contributed by atoms with van der Waals surface area (Å²) in [6.07, 6.45) is 4.35. The summed E-state index contributed by atoms with van der Waals surface area (Å²) >= 11 is 0. The SMILES string of the molecule is CC(=O)Nc1cccc2c(C3=C(c4c[nH]c5ccccc45)C(=O)NC3=O)cn(CCCN)c12. The van der Waals surface area contributed by atoms with Crippen LogP contribution in [0, 0.1) is 0 Å². The van der Waals surface area contributed by atoms with Crippen LogP contribution in [0.25, 0.3) is 33.0 Å². The molecule has 4 aromatic rings. The molecule has 0 radical (unpaired) electrons. The number of nitrogens with two attached hydrogens (primary N) is 1. The Bertz CT molecular complexity index is 1470. The largest absolute Gasteiger partial charge is 0.361 e. The summed E-state index contributed by atoms with van der Waals surface area (Å²) in [4.78, 5) is 41.0. The van der Waals surface area contributed by atoms with E-state index in [2.05, 4.69) is 15.6 Å². The van der Waals surface area contributed by atoms with Crippen molar-refractivity contribution in [2.24, 2.45) is 5.73 Å². The van der Waals surface area contributed by atoms with Gasteiger partial charge in [0, 0.05) is 53.3 Å². The number of carbonyl (C=O) groups is 3. The summed E-state index contributed by atoms with van der Waals surface area (Å²) in [5.41, 5.74) is 10.0. The fourth-order valence-corrected chi connectivity index (χ4v) is 4.54. The molecule has 3 amide bonds. The van der Waals surface area contributed by atoms with Gasteiger partial charge < -0.3 is 20.6 Å². The van der Waals surface area contributed by atoms with Crippen LogP contribution < -0.4 is 16.4 Å². The first kappa shape index (κ1) is 20.7. The number of nitrogens with one attached hydrogen (secondary N) is 3. The second-order valence-corrected chi connectivity index (χ2v) is 8.04. The van der Waals surface area contributed by atoms with Crippen molar-refractivity contribution in [3.63, 3.8) is 0 Å². The average molecular weight is 441 g/mol. The topological polar surface area (TPSA) is 122 Å². The molecule has 5 N–H and O–H groups in total. The number of aromatic amines is 1. The van der Waals surface area contributed by atoms with Gasteiger partial charge in [-0.25, -0.2) is 0 Å². The van der Waals surface area contributed by atoms with E-state index in [-0.39, 0.29) is 5.91 Å². The van der Waals surface area contributed by atoms with E-state index in [1.807, 2.05) is 53.2 Å². The maximum absolute atomic E-state index is 13.1. The third-order valence-corrected chi connectivity index (χ3v) is 5.87. The number of rotatable bonds is 6. The Labute approximate surface area is 189 Å². The summed E-state index contributed by atoms with van der Waals surface area (Å²) in [5, 5.41) is 6.97. The number of carbonyl (C=O) groups excluding carboxylic acids is 3. The number of benzene rings is 2. The average Bonchev–Trinajstić information content (AvgIpc) is 3.45. The van der Waals surface area contributed by atoms with Crippen LogP contribution in [0.4, 0.5) is 5.69 Å². The lowest BCUT2D eigenvalue weighted by atomic mass is 9.95. The fraction of sp³-hybridized carbons (Fsp3) is 0.160.